The molecule has 0 saturated heterocycles. The first-order valence-electron chi connectivity index (χ1n) is 5.79. The van der Waals surface area contributed by atoms with Crippen molar-refractivity contribution in [2.75, 3.05) is 6.61 Å². The Labute approximate surface area is 109 Å². The van der Waals surface area contributed by atoms with E-state index in [1.54, 1.807) is 13.8 Å². The lowest BCUT2D eigenvalue weighted by atomic mass is 10.0. The van der Waals surface area contributed by atoms with Gasteiger partial charge in [0.15, 0.2) is 5.78 Å². The Kier molecular flexibility index (Phi) is 5.41. The monoisotopic (exact) mass is 272 g/mol. The number of benzene rings is 1. The molecule has 0 saturated carbocycles. The molecule has 0 N–H and O–H groups in total. The summed E-state index contributed by atoms with van der Waals surface area (Å²) in [5.74, 6) is -1.51. The van der Waals surface area contributed by atoms with E-state index in [1.807, 2.05) is 0 Å². The third kappa shape index (κ3) is 3.74. The Morgan fingerprint density at radius 2 is 1.95 bits per heavy atom. The van der Waals surface area contributed by atoms with Crippen LogP contribution in [0.15, 0.2) is 18.2 Å². The van der Waals surface area contributed by atoms with Crippen molar-refractivity contribution < 1.29 is 27.8 Å². The summed E-state index contributed by atoms with van der Waals surface area (Å²) in [4.78, 5) is 23.5. The number of carbonyl (C=O) groups is 2. The smallest absolute Gasteiger partial charge is 0.387 e. The molecule has 6 heteroatoms. The lowest BCUT2D eigenvalue weighted by molar-refractivity contribution is -0.0502. The van der Waals surface area contributed by atoms with Crippen LogP contribution in [0.4, 0.5) is 8.78 Å². The van der Waals surface area contributed by atoms with E-state index in [0.717, 1.165) is 0 Å². The highest BCUT2D eigenvalue weighted by molar-refractivity contribution is 6.08. The number of halogens is 2. The van der Waals surface area contributed by atoms with Gasteiger partial charge in [-0.25, -0.2) is 4.79 Å². The van der Waals surface area contributed by atoms with E-state index >= 15 is 0 Å². The zero-order chi connectivity index (χ0) is 14.4. The van der Waals surface area contributed by atoms with E-state index in [2.05, 4.69) is 4.74 Å². The van der Waals surface area contributed by atoms with Crippen LogP contribution in [0.25, 0.3) is 0 Å². The van der Waals surface area contributed by atoms with Crippen molar-refractivity contribution in [1.29, 1.82) is 0 Å². The van der Waals surface area contributed by atoms with E-state index in [0.29, 0.717) is 0 Å². The molecule has 1 aromatic carbocycles. The van der Waals surface area contributed by atoms with Crippen LogP contribution in [0.2, 0.25) is 0 Å². The summed E-state index contributed by atoms with van der Waals surface area (Å²) in [6.07, 6.45) is 0.0655. The molecule has 0 heterocycles. The summed E-state index contributed by atoms with van der Waals surface area (Å²) in [5.41, 5.74) is -0.226. The molecule has 0 fully saturated rings. The highest BCUT2D eigenvalue weighted by Gasteiger charge is 2.23. The number of alkyl halides is 2. The van der Waals surface area contributed by atoms with Crippen molar-refractivity contribution in [3.63, 3.8) is 0 Å². The fourth-order valence-corrected chi connectivity index (χ4v) is 1.57. The van der Waals surface area contributed by atoms with Gasteiger partial charge in [0, 0.05) is 6.42 Å². The summed E-state index contributed by atoms with van der Waals surface area (Å²) in [6.45, 7) is 0.231. The molecule has 0 bridgehead atoms. The minimum absolute atomic E-state index is 0.0631. The molecule has 104 valence electrons. The SMILES string of the molecule is CCOC(=O)c1cccc(OC(F)F)c1C(=O)CC. The van der Waals surface area contributed by atoms with Gasteiger partial charge in [-0.1, -0.05) is 13.0 Å². The third-order valence-electron chi connectivity index (χ3n) is 2.34. The van der Waals surface area contributed by atoms with Gasteiger partial charge in [-0.3, -0.25) is 4.79 Å². The number of hydrogen-bond acceptors (Lipinski definition) is 4. The van der Waals surface area contributed by atoms with Gasteiger partial charge in [0.2, 0.25) is 0 Å². The Hall–Kier alpha value is -1.98. The Morgan fingerprint density at radius 3 is 2.47 bits per heavy atom. The number of ether oxygens (including phenoxy) is 2. The fraction of sp³-hybridized carbons (Fsp3) is 0.385. The van der Waals surface area contributed by atoms with Crippen molar-refractivity contribution in [3.05, 3.63) is 29.3 Å². The first kappa shape index (κ1) is 15.1. The van der Waals surface area contributed by atoms with E-state index in [9.17, 15) is 18.4 Å². The minimum Gasteiger partial charge on any atom is -0.462 e. The minimum atomic E-state index is -3.07. The zero-order valence-electron chi connectivity index (χ0n) is 10.6. The molecule has 0 amide bonds. The normalized spacial score (nSPS) is 10.4. The van der Waals surface area contributed by atoms with E-state index in [1.165, 1.54) is 18.2 Å². The van der Waals surface area contributed by atoms with Crippen LogP contribution in [0.3, 0.4) is 0 Å². The topological polar surface area (TPSA) is 52.6 Å². The molecular formula is C13H14F2O4. The number of ketones is 1. The number of esters is 1. The van der Waals surface area contributed by atoms with Crippen LogP contribution >= 0.6 is 0 Å². The summed E-state index contributed by atoms with van der Waals surface area (Å²) < 4.78 is 33.7. The van der Waals surface area contributed by atoms with Crippen LogP contribution in [-0.2, 0) is 4.74 Å². The average Bonchev–Trinajstić information content (AvgIpc) is 2.37. The average molecular weight is 272 g/mol. The predicted molar refractivity (Wildman–Crippen MR) is 63.7 cm³/mol. The van der Waals surface area contributed by atoms with Gasteiger partial charge in [-0.05, 0) is 19.1 Å². The highest BCUT2D eigenvalue weighted by atomic mass is 19.3. The molecule has 0 unspecified atom stereocenters. The molecule has 4 nitrogen and oxygen atoms in total. The van der Waals surface area contributed by atoms with Gasteiger partial charge in [0.1, 0.15) is 5.75 Å². The van der Waals surface area contributed by atoms with Gasteiger partial charge < -0.3 is 9.47 Å². The number of rotatable bonds is 6. The van der Waals surface area contributed by atoms with Crippen molar-refractivity contribution in [3.8, 4) is 5.75 Å². The fourth-order valence-electron chi connectivity index (χ4n) is 1.57. The van der Waals surface area contributed by atoms with Gasteiger partial charge in [-0.2, -0.15) is 8.78 Å². The standard InChI is InChI=1S/C13H14F2O4/c1-3-9(16)11-8(12(17)18-4-2)6-5-7-10(11)19-13(14)15/h5-7,13H,3-4H2,1-2H3. The van der Waals surface area contributed by atoms with Crippen molar-refractivity contribution in [1.82, 2.24) is 0 Å². The largest absolute Gasteiger partial charge is 0.462 e. The Bertz CT molecular complexity index is 472. The third-order valence-corrected chi connectivity index (χ3v) is 2.34. The summed E-state index contributed by atoms with van der Waals surface area (Å²) >= 11 is 0. The van der Waals surface area contributed by atoms with Crippen molar-refractivity contribution in [2.24, 2.45) is 0 Å². The summed E-state index contributed by atoms with van der Waals surface area (Å²) in [7, 11) is 0. The molecule has 1 rings (SSSR count). The van der Waals surface area contributed by atoms with Gasteiger partial charge in [-0.15, -0.1) is 0 Å². The summed E-state index contributed by atoms with van der Waals surface area (Å²) in [5, 5.41) is 0. The molecule has 0 radical (unpaired) electrons. The van der Waals surface area contributed by atoms with Gasteiger partial charge in [0.25, 0.3) is 0 Å². The molecule has 0 aliphatic heterocycles. The molecule has 0 aliphatic rings. The first-order chi connectivity index (χ1) is 9.01. The number of carbonyl (C=O) groups excluding carboxylic acids is 2. The van der Waals surface area contributed by atoms with Crippen molar-refractivity contribution >= 4 is 11.8 Å². The van der Waals surface area contributed by atoms with E-state index in [4.69, 9.17) is 4.74 Å². The molecule has 0 atom stereocenters. The second kappa shape index (κ2) is 6.82. The maximum Gasteiger partial charge on any atom is 0.387 e. The maximum absolute atomic E-state index is 12.3. The number of Topliss-reactive ketones (excluding diaryl/α,β-unsaturated/α-hetero) is 1. The van der Waals surface area contributed by atoms with Crippen molar-refractivity contribution in [2.45, 2.75) is 26.9 Å². The lowest BCUT2D eigenvalue weighted by Crippen LogP contribution is -2.14. The quantitative estimate of drug-likeness (QED) is 0.590. The van der Waals surface area contributed by atoms with Crippen LogP contribution in [0, 0.1) is 0 Å². The van der Waals surface area contributed by atoms with E-state index in [-0.39, 0.29) is 29.9 Å². The lowest BCUT2D eigenvalue weighted by Gasteiger charge is -2.13. The molecule has 19 heavy (non-hydrogen) atoms. The van der Waals surface area contributed by atoms with E-state index < -0.39 is 18.4 Å². The Balaban J connectivity index is 3.29. The molecule has 1 aromatic rings. The molecule has 0 aliphatic carbocycles. The van der Waals surface area contributed by atoms with Crippen LogP contribution in [-0.4, -0.2) is 25.0 Å². The van der Waals surface area contributed by atoms with Gasteiger partial charge >= 0.3 is 12.6 Å². The maximum atomic E-state index is 12.3. The van der Waals surface area contributed by atoms with Crippen LogP contribution in [0.1, 0.15) is 41.0 Å². The Morgan fingerprint density at radius 1 is 1.26 bits per heavy atom. The molecule has 0 aromatic heterocycles. The number of hydrogen-bond donors (Lipinski definition) is 0. The second-order valence-electron chi connectivity index (χ2n) is 3.55. The summed E-state index contributed by atoms with van der Waals surface area (Å²) in [6, 6.07) is 3.92. The van der Waals surface area contributed by atoms with Crippen LogP contribution < -0.4 is 4.74 Å². The second-order valence-corrected chi connectivity index (χ2v) is 3.55. The van der Waals surface area contributed by atoms with Crippen LogP contribution in [0.5, 0.6) is 5.75 Å². The van der Waals surface area contributed by atoms with Gasteiger partial charge in [0.05, 0.1) is 17.7 Å². The highest BCUT2D eigenvalue weighted by Crippen LogP contribution is 2.26. The molecular weight excluding hydrogens is 258 g/mol. The zero-order valence-corrected chi connectivity index (χ0v) is 10.6. The first-order valence-corrected chi connectivity index (χ1v) is 5.79. The molecule has 0 spiro atoms. The predicted octanol–water partition coefficient (Wildman–Crippen LogP) is 3.06.